The highest BCUT2D eigenvalue weighted by atomic mass is 16.2. The van der Waals surface area contributed by atoms with Crippen molar-refractivity contribution in [2.24, 2.45) is 12.1 Å². The summed E-state index contributed by atoms with van der Waals surface area (Å²) in [5.41, 5.74) is 6.54. The highest BCUT2D eigenvalue weighted by molar-refractivity contribution is 6.01. The van der Waals surface area contributed by atoms with E-state index < -0.39 is 0 Å². The van der Waals surface area contributed by atoms with Crippen LogP contribution in [0.25, 0.3) is 22.3 Å². The summed E-state index contributed by atoms with van der Waals surface area (Å²) in [5, 5.41) is 17.3. The van der Waals surface area contributed by atoms with Gasteiger partial charge in [-0.25, -0.2) is 5.43 Å². The molecule has 0 saturated heterocycles. The number of hydrogen-bond acceptors (Lipinski definition) is 5. The van der Waals surface area contributed by atoms with Crippen molar-refractivity contribution in [1.82, 2.24) is 30.2 Å². The van der Waals surface area contributed by atoms with E-state index in [-0.39, 0.29) is 12.5 Å². The van der Waals surface area contributed by atoms with Gasteiger partial charge < -0.3 is 4.57 Å². The number of hydrazone groups is 1. The largest absolute Gasteiger partial charge is 0.347 e. The molecule has 8 heteroatoms. The summed E-state index contributed by atoms with van der Waals surface area (Å²) in [4.78, 5) is 13.4. The van der Waals surface area contributed by atoms with Crippen LogP contribution < -0.4 is 5.43 Å². The second-order valence-electron chi connectivity index (χ2n) is 6.38. The Morgan fingerprint density at radius 1 is 1.14 bits per heavy atom. The van der Waals surface area contributed by atoms with Crippen LogP contribution in [0.1, 0.15) is 11.3 Å². The van der Waals surface area contributed by atoms with E-state index in [0.717, 1.165) is 27.7 Å². The van der Waals surface area contributed by atoms with Gasteiger partial charge in [0.1, 0.15) is 6.54 Å². The lowest BCUT2D eigenvalue weighted by Crippen LogP contribution is -2.24. The Kier molecular flexibility index (Phi) is 4.67. The fourth-order valence-corrected chi connectivity index (χ4v) is 3.06. The molecule has 4 rings (SSSR count). The van der Waals surface area contributed by atoms with Crippen molar-refractivity contribution in [3.63, 3.8) is 0 Å². The van der Waals surface area contributed by atoms with E-state index in [1.807, 2.05) is 62.5 Å². The monoisotopic (exact) mass is 373 g/mol. The number of carbonyl (C=O) groups excluding carboxylic acids is 1. The van der Waals surface area contributed by atoms with Crippen LogP contribution in [-0.2, 0) is 18.4 Å². The number of carbonyl (C=O) groups is 1. The predicted molar refractivity (Wildman–Crippen MR) is 107 cm³/mol. The molecule has 2 heterocycles. The molecule has 0 atom stereocenters. The lowest BCUT2D eigenvalue weighted by molar-refractivity contribution is -0.122. The number of fused-ring (bicyclic) bond motifs is 1. The molecule has 28 heavy (non-hydrogen) atoms. The van der Waals surface area contributed by atoms with Crippen molar-refractivity contribution in [3.05, 3.63) is 65.9 Å². The van der Waals surface area contributed by atoms with Crippen molar-refractivity contribution in [1.29, 1.82) is 0 Å². The van der Waals surface area contributed by atoms with Gasteiger partial charge in [-0.3, -0.25) is 4.79 Å². The first kappa shape index (κ1) is 17.6. The van der Waals surface area contributed by atoms with Gasteiger partial charge in [0.25, 0.3) is 5.91 Å². The van der Waals surface area contributed by atoms with E-state index in [2.05, 4.69) is 36.6 Å². The van der Waals surface area contributed by atoms with Crippen molar-refractivity contribution in [2.75, 3.05) is 0 Å². The fraction of sp³-hybridized carbons (Fsp3) is 0.150. The van der Waals surface area contributed by atoms with Crippen LogP contribution in [0.3, 0.4) is 0 Å². The normalized spacial score (nSPS) is 11.4. The van der Waals surface area contributed by atoms with Crippen LogP contribution in [0.2, 0.25) is 0 Å². The van der Waals surface area contributed by atoms with Crippen LogP contribution in [0, 0.1) is 6.92 Å². The molecule has 0 saturated carbocycles. The Morgan fingerprint density at radius 3 is 2.71 bits per heavy atom. The number of nitrogens with one attached hydrogen (secondary N) is 1. The molecule has 0 spiro atoms. The summed E-state index contributed by atoms with van der Waals surface area (Å²) in [6, 6.07) is 17.6. The van der Waals surface area contributed by atoms with Gasteiger partial charge in [-0.15, -0.1) is 10.2 Å². The zero-order chi connectivity index (χ0) is 19.5. The Labute approximate surface area is 161 Å². The number of rotatable bonds is 5. The SMILES string of the molecule is Cc1c(/C=N\NC(=O)Cn2nnc(-c3ccccc3)n2)c2ccccc2n1C. The Hall–Kier alpha value is -3.81. The Morgan fingerprint density at radius 2 is 1.89 bits per heavy atom. The molecule has 2 aromatic heterocycles. The summed E-state index contributed by atoms with van der Waals surface area (Å²) < 4.78 is 2.10. The molecule has 0 bridgehead atoms. The average molecular weight is 373 g/mol. The number of nitrogens with zero attached hydrogens (tertiary/aromatic N) is 6. The quantitative estimate of drug-likeness (QED) is 0.429. The second-order valence-corrected chi connectivity index (χ2v) is 6.38. The van der Waals surface area contributed by atoms with Gasteiger partial charge in [-0.2, -0.15) is 9.90 Å². The molecular formula is C20H19N7O. The first-order chi connectivity index (χ1) is 13.6. The number of para-hydroxylation sites is 1. The number of aromatic nitrogens is 5. The van der Waals surface area contributed by atoms with Crippen LogP contribution >= 0.6 is 0 Å². The maximum atomic E-state index is 12.1. The lowest BCUT2D eigenvalue weighted by atomic mass is 10.1. The summed E-state index contributed by atoms with van der Waals surface area (Å²) >= 11 is 0. The zero-order valence-corrected chi connectivity index (χ0v) is 15.6. The van der Waals surface area contributed by atoms with Crippen LogP contribution in [0.15, 0.2) is 59.7 Å². The summed E-state index contributed by atoms with van der Waals surface area (Å²) in [5.74, 6) is 0.148. The van der Waals surface area contributed by atoms with Gasteiger partial charge in [0, 0.05) is 34.8 Å². The molecule has 1 amide bonds. The van der Waals surface area contributed by atoms with E-state index >= 15 is 0 Å². The van der Waals surface area contributed by atoms with Gasteiger partial charge in [0.15, 0.2) is 0 Å². The molecular weight excluding hydrogens is 354 g/mol. The van der Waals surface area contributed by atoms with Crippen molar-refractivity contribution in [2.45, 2.75) is 13.5 Å². The molecule has 2 aromatic carbocycles. The van der Waals surface area contributed by atoms with Crippen molar-refractivity contribution in [3.8, 4) is 11.4 Å². The first-order valence-corrected chi connectivity index (χ1v) is 8.82. The minimum Gasteiger partial charge on any atom is -0.347 e. The highest BCUT2D eigenvalue weighted by Gasteiger charge is 2.10. The van der Waals surface area contributed by atoms with Crippen molar-refractivity contribution >= 4 is 23.0 Å². The topological polar surface area (TPSA) is 90.0 Å². The van der Waals surface area contributed by atoms with Crippen LogP contribution in [-0.4, -0.2) is 36.9 Å². The third-order valence-corrected chi connectivity index (χ3v) is 4.60. The summed E-state index contributed by atoms with van der Waals surface area (Å²) in [6.07, 6.45) is 1.67. The molecule has 0 aliphatic rings. The van der Waals surface area contributed by atoms with E-state index in [1.54, 1.807) is 6.21 Å². The standard InChI is InChI=1S/C20H19N7O/c1-14-17(16-10-6-7-11-18(16)26(14)2)12-21-22-19(28)13-27-24-20(23-25-27)15-8-4-3-5-9-15/h3-12H,13H2,1-2H3,(H,22,28)/b21-12-. The molecule has 0 fully saturated rings. The van der Waals surface area contributed by atoms with E-state index in [4.69, 9.17) is 0 Å². The van der Waals surface area contributed by atoms with E-state index in [1.165, 1.54) is 4.80 Å². The van der Waals surface area contributed by atoms with Crippen molar-refractivity contribution < 1.29 is 4.79 Å². The van der Waals surface area contributed by atoms with Gasteiger partial charge in [0.2, 0.25) is 5.82 Å². The third kappa shape index (κ3) is 3.39. The summed E-state index contributed by atoms with van der Waals surface area (Å²) in [7, 11) is 2.01. The van der Waals surface area contributed by atoms with Gasteiger partial charge in [-0.05, 0) is 18.2 Å². The number of tetrazole rings is 1. The number of amides is 1. The molecule has 0 aliphatic carbocycles. The second kappa shape index (κ2) is 7.43. The van der Waals surface area contributed by atoms with Gasteiger partial charge in [0.05, 0.1) is 6.21 Å². The Bertz CT molecular complexity index is 1160. The lowest BCUT2D eigenvalue weighted by Gasteiger charge is -1.99. The maximum Gasteiger partial charge on any atom is 0.263 e. The average Bonchev–Trinajstić information content (AvgIpc) is 3.28. The smallest absolute Gasteiger partial charge is 0.263 e. The predicted octanol–water partition coefficient (Wildman–Crippen LogP) is 2.29. The summed E-state index contributed by atoms with van der Waals surface area (Å²) in [6.45, 7) is 1.96. The third-order valence-electron chi connectivity index (χ3n) is 4.60. The van der Waals surface area contributed by atoms with Crippen LogP contribution in [0.4, 0.5) is 0 Å². The van der Waals surface area contributed by atoms with Gasteiger partial charge in [-0.1, -0.05) is 48.5 Å². The first-order valence-electron chi connectivity index (χ1n) is 8.82. The van der Waals surface area contributed by atoms with Gasteiger partial charge >= 0.3 is 0 Å². The molecule has 0 unspecified atom stereocenters. The maximum absolute atomic E-state index is 12.1. The Balaban J connectivity index is 1.43. The van der Waals surface area contributed by atoms with Crippen LogP contribution in [0.5, 0.6) is 0 Å². The highest BCUT2D eigenvalue weighted by Crippen LogP contribution is 2.22. The molecule has 1 N–H and O–H groups in total. The zero-order valence-electron chi connectivity index (χ0n) is 15.6. The molecule has 140 valence electrons. The molecule has 8 nitrogen and oxygen atoms in total. The molecule has 0 aliphatic heterocycles. The number of hydrogen-bond donors (Lipinski definition) is 1. The minimum absolute atomic E-state index is 0.0638. The number of benzene rings is 2. The molecule has 4 aromatic rings. The van der Waals surface area contributed by atoms with E-state index in [9.17, 15) is 4.79 Å². The number of aryl methyl sites for hydroxylation is 1. The fourth-order valence-electron chi connectivity index (χ4n) is 3.06. The minimum atomic E-state index is -0.328. The molecule has 0 radical (unpaired) electrons. The van der Waals surface area contributed by atoms with E-state index in [0.29, 0.717) is 5.82 Å².